The maximum absolute atomic E-state index is 12.1. The lowest BCUT2D eigenvalue weighted by Gasteiger charge is -2.15. The standard InChI is InChI=1S/C18H17BrINO3/c19-14-6-1-12(2-7-14)5-10-17(22)21-16(18(23)24)11-13-3-8-15(20)9-4-13/h1-4,6-9,16H,5,10-11H2,(H,21,22)(H,23,24). The van der Waals surface area contributed by atoms with Crippen LogP contribution >= 0.6 is 38.5 Å². The number of carboxylic acid groups (broad SMARTS) is 1. The second kappa shape index (κ2) is 9.17. The van der Waals surface area contributed by atoms with Crippen LogP contribution in [0.15, 0.2) is 53.0 Å². The maximum atomic E-state index is 12.1. The summed E-state index contributed by atoms with van der Waals surface area (Å²) in [4.78, 5) is 23.5. The summed E-state index contributed by atoms with van der Waals surface area (Å²) < 4.78 is 2.07. The number of aryl methyl sites for hydroxylation is 1. The maximum Gasteiger partial charge on any atom is 0.326 e. The minimum absolute atomic E-state index is 0.254. The minimum atomic E-state index is -1.02. The third kappa shape index (κ3) is 6.24. The second-order valence-electron chi connectivity index (χ2n) is 5.42. The molecule has 0 aliphatic heterocycles. The van der Waals surface area contributed by atoms with Gasteiger partial charge in [0.2, 0.25) is 5.91 Å². The zero-order valence-corrected chi connectivity index (χ0v) is 16.6. The van der Waals surface area contributed by atoms with E-state index in [1.807, 2.05) is 48.5 Å². The summed E-state index contributed by atoms with van der Waals surface area (Å²) in [5.41, 5.74) is 1.92. The van der Waals surface area contributed by atoms with Gasteiger partial charge in [-0.05, 0) is 64.4 Å². The third-order valence-corrected chi connectivity index (χ3v) is 4.79. The fraction of sp³-hybridized carbons (Fsp3) is 0.222. The first-order valence-electron chi connectivity index (χ1n) is 7.45. The summed E-state index contributed by atoms with van der Waals surface area (Å²) in [5, 5.41) is 11.9. The molecule has 0 aromatic heterocycles. The predicted octanol–water partition coefficient (Wildman–Crippen LogP) is 3.80. The Labute approximate surface area is 162 Å². The van der Waals surface area contributed by atoms with E-state index in [2.05, 4.69) is 43.8 Å². The zero-order valence-electron chi connectivity index (χ0n) is 12.8. The van der Waals surface area contributed by atoms with Crippen LogP contribution in [-0.4, -0.2) is 23.0 Å². The highest BCUT2D eigenvalue weighted by Crippen LogP contribution is 2.12. The molecule has 24 heavy (non-hydrogen) atoms. The van der Waals surface area contributed by atoms with Crippen molar-refractivity contribution in [3.8, 4) is 0 Å². The Hall–Kier alpha value is -1.41. The third-order valence-electron chi connectivity index (χ3n) is 3.54. The summed E-state index contributed by atoms with van der Waals surface area (Å²) in [6, 6.07) is 14.4. The number of carbonyl (C=O) groups excluding carboxylic acids is 1. The van der Waals surface area contributed by atoms with E-state index in [9.17, 15) is 14.7 Å². The van der Waals surface area contributed by atoms with E-state index in [4.69, 9.17) is 0 Å². The summed E-state index contributed by atoms with van der Waals surface area (Å²) >= 11 is 5.56. The molecule has 0 fully saturated rings. The number of carboxylic acids is 1. The van der Waals surface area contributed by atoms with E-state index < -0.39 is 12.0 Å². The molecule has 1 unspecified atom stereocenters. The Morgan fingerprint density at radius 2 is 1.62 bits per heavy atom. The summed E-state index contributed by atoms with van der Waals surface area (Å²) in [7, 11) is 0. The molecule has 126 valence electrons. The topological polar surface area (TPSA) is 66.4 Å². The van der Waals surface area contributed by atoms with E-state index in [-0.39, 0.29) is 18.7 Å². The Bertz CT molecular complexity index is 701. The smallest absolute Gasteiger partial charge is 0.326 e. The lowest BCUT2D eigenvalue weighted by molar-refractivity contribution is -0.141. The molecular formula is C18H17BrINO3. The first-order chi connectivity index (χ1) is 11.4. The van der Waals surface area contributed by atoms with Crippen molar-refractivity contribution in [1.29, 1.82) is 0 Å². The van der Waals surface area contributed by atoms with Crippen LogP contribution in [0.4, 0.5) is 0 Å². The normalized spacial score (nSPS) is 11.8. The molecule has 0 bridgehead atoms. The number of aliphatic carboxylic acids is 1. The van der Waals surface area contributed by atoms with Crippen molar-refractivity contribution in [1.82, 2.24) is 5.32 Å². The highest BCUT2D eigenvalue weighted by atomic mass is 127. The molecule has 2 rings (SSSR count). The molecule has 0 aliphatic carbocycles. The van der Waals surface area contributed by atoms with E-state index in [1.54, 1.807) is 0 Å². The van der Waals surface area contributed by atoms with Crippen molar-refractivity contribution in [2.45, 2.75) is 25.3 Å². The van der Waals surface area contributed by atoms with Crippen molar-refractivity contribution < 1.29 is 14.7 Å². The van der Waals surface area contributed by atoms with Gasteiger partial charge in [0.05, 0.1) is 0 Å². The van der Waals surface area contributed by atoms with E-state index in [1.165, 1.54) is 0 Å². The number of carbonyl (C=O) groups is 2. The van der Waals surface area contributed by atoms with Gasteiger partial charge in [-0.15, -0.1) is 0 Å². The van der Waals surface area contributed by atoms with Gasteiger partial charge in [-0.3, -0.25) is 4.79 Å². The lowest BCUT2D eigenvalue weighted by Crippen LogP contribution is -2.42. The van der Waals surface area contributed by atoms with E-state index in [0.717, 1.165) is 19.2 Å². The van der Waals surface area contributed by atoms with Crippen molar-refractivity contribution in [3.63, 3.8) is 0 Å². The first-order valence-corrected chi connectivity index (χ1v) is 9.32. The number of amides is 1. The van der Waals surface area contributed by atoms with Crippen LogP contribution in [0.3, 0.4) is 0 Å². The molecule has 2 N–H and O–H groups in total. The molecule has 2 aromatic rings. The van der Waals surface area contributed by atoms with Gasteiger partial charge in [-0.2, -0.15) is 0 Å². The van der Waals surface area contributed by atoms with Crippen LogP contribution in [0.1, 0.15) is 17.5 Å². The number of hydrogen-bond donors (Lipinski definition) is 2. The summed E-state index contributed by atoms with van der Waals surface area (Å²) in [6.45, 7) is 0. The molecule has 1 atom stereocenters. The van der Waals surface area contributed by atoms with Gasteiger partial charge in [0, 0.05) is 20.9 Å². The fourth-order valence-corrected chi connectivity index (χ4v) is 2.86. The molecule has 4 nitrogen and oxygen atoms in total. The molecule has 0 spiro atoms. The first kappa shape index (κ1) is 18.9. The van der Waals surface area contributed by atoms with Crippen molar-refractivity contribution in [3.05, 3.63) is 67.7 Å². The van der Waals surface area contributed by atoms with Crippen LogP contribution in [0.5, 0.6) is 0 Å². The summed E-state index contributed by atoms with van der Waals surface area (Å²) in [5.74, 6) is -1.28. The van der Waals surface area contributed by atoms with Gasteiger partial charge >= 0.3 is 5.97 Å². The Kier molecular flexibility index (Phi) is 7.23. The van der Waals surface area contributed by atoms with Crippen LogP contribution in [0, 0.1) is 3.57 Å². The molecule has 0 saturated heterocycles. The minimum Gasteiger partial charge on any atom is -0.480 e. The van der Waals surface area contributed by atoms with Crippen LogP contribution in [0.2, 0.25) is 0 Å². The Morgan fingerprint density at radius 1 is 1.04 bits per heavy atom. The molecule has 0 radical (unpaired) electrons. The molecule has 6 heteroatoms. The Morgan fingerprint density at radius 3 is 2.21 bits per heavy atom. The lowest BCUT2D eigenvalue weighted by atomic mass is 10.1. The van der Waals surface area contributed by atoms with Gasteiger partial charge in [-0.1, -0.05) is 40.2 Å². The highest BCUT2D eigenvalue weighted by Gasteiger charge is 2.20. The molecule has 1 amide bonds. The number of halogens is 2. The highest BCUT2D eigenvalue weighted by molar-refractivity contribution is 14.1. The fourth-order valence-electron chi connectivity index (χ4n) is 2.23. The number of hydrogen-bond acceptors (Lipinski definition) is 2. The van der Waals surface area contributed by atoms with Gasteiger partial charge in [0.1, 0.15) is 6.04 Å². The molecule has 0 heterocycles. The number of benzene rings is 2. The SMILES string of the molecule is O=C(CCc1ccc(Br)cc1)NC(Cc1ccc(I)cc1)C(=O)O. The largest absolute Gasteiger partial charge is 0.480 e. The van der Waals surface area contributed by atoms with E-state index in [0.29, 0.717) is 6.42 Å². The average molecular weight is 502 g/mol. The van der Waals surface area contributed by atoms with E-state index >= 15 is 0 Å². The van der Waals surface area contributed by atoms with Crippen LogP contribution in [0.25, 0.3) is 0 Å². The van der Waals surface area contributed by atoms with Crippen molar-refractivity contribution >= 4 is 50.4 Å². The molecule has 0 aliphatic rings. The average Bonchev–Trinajstić information content (AvgIpc) is 2.55. The van der Waals surface area contributed by atoms with Gasteiger partial charge < -0.3 is 10.4 Å². The second-order valence-corrected chi connectivity index (χ2v) is 7.58. The molecular weight excluding hydrogens is 485 g/mol. The number of nitrogens with one attached hydrogen (secondary N) is 1. The molecule has 2 aromatic carbocycles. The number of rotatable bonds is 7. The predicted molar refractivity (Wildman–Crippen MR) is 105 cm³/mol. The summed E-state index contributed by atoms with van der Waals surface area (Å²) in [6.07, 6.45) is 1.11. The van der Waals surface area contributed by atoms with Gasteiger partial charge in [-0.25, -0.2) is 4.79 Å². The van der Waals surface area contributed by atoms with Crippen LogP contribution < -0.4 is 5.32 Å². The monoisotopic (exact) mass is 501 g/mol. The van der Waals surface area contributed by atoms with Crippen molar-refractivity contribution in [2.75, 3.05) is 0 Å². The quantitative estimate of drug-likeness (QED) is 0.567. The van der Waals surface area contributed by atoms with Crippen molar-refractivity contribution in [2.24, 2.45) is 0 Å². The van der Waals surface area contributed by atoms with Gasteiger partial charge in [0.15, 0.2) is 0 Å². The van der Waals surface area contributed by atoms with Crippen LogP contribution in [-0.2, 0) is 22.4 Å². The molecule has 0 saturated carbocycles. The zero-order chi connectivity index (χ0) is 17.5. The Balaban J connectivity index is 1.89. The van der Waals surface area contributed by atoms with Gasteiger partial charge in [0.25, 0.3) is 0 Å².